The SMILES string of the molecule is Cc1ccc(-c2cc(C(=O)NCc3cccc(F)c3)nc(N)n2)o1. The molecule has 7 heteroatoms. The predicted molar refractivity (Wildman–Crippen MR) is 86.5 cm³/mol. The van der Waals surface area contributed by atoms with Gasteiger partial charge >= 0.3 is 0 Å². The fraction of sp³-hybridized carbons (Fsp3) is 0.118. The number of nitrogens with one attached hydrogen (secondary N) is 1. The number of hydrogen-bond donors (Lipinski definition) is 2. The number of carbonyl (C=O) groups excluding carboxylic acids is 1. The van der Waals surface area contributed by atoms with Gasteiger partial charge < -0.3 is 15.5 Å². The van der Waals surface area contributed by atoms with E-state index in [-0.39, 0.29) is 24.0 Å². The highest BCUT2D eigenvalue weighted by atomic mass is 19.1. The first kappa shape index (κ1) is 15.7. The second-order valence-electron chi connectivity index (χ2n) is 5.22. The largest absolute Gasteiger partial charge is 0.460 e. The van der Waals surface area contributed by atoms with Crippen LogP contribution in [0.3, 0.4) is 0 Å². The third-order valence-electron chi connectivity index (χ3n) is 3.31. The van der Waals surface area contributed by atoms with Gasteiger partial charge in [-0.3, -0.25) is 4.79 Å². The van der Waals surface area contributed by atoms with Crippen LogP contribution in [-0.2, 0) is 6.54 Å². The van der Waals surface area contributed by atoms with Crippen molar-refractivity contribution in [3.63, 3.8) is 0 Å². The number of benzene rings is 1. The number of hydrogen-bond acceptors (Lipinski definition) is 5. The van der Waals surface area contributed by atoms with E-state index in [1.54, 1.807) is 31.2 Å². The molecular weight excluding hydrogens is 311 g/mol. The summed E-state index contributed by atoms with van der Waals surface area (Å²) >= 11 is 0. The van der Waals surface area contributed by atoms with Gasteiger partial charge in [-0.15, -0.1) is 0 Å². The van der Waals surface area contributed by atoms with Crippen LogP contribution >= 0.6 is 0 Å². The van der Waals surface area contributed by atoms with E-state index in [0.29, 0.717) is 17.0 Å². The van der Waals surface area contributed by atoms with Gasteiger partial charge in [0.05, 0.1) is 0 Å². The van der Waals surface area contributed by atoms with Gasteiger partial charge in [-0.25, -0.2) is 14.4 Å². The summed E-state index contributed by atoms with van der Waals surface area (Å²) in [5.74, 6) is 0.402. The Balaban J connectivity index is 1.78. The van der Waals surface area contributed by atoms with Crippen molar-refractivity contribution in [2.24, 2.45) is 0 Å². The number of nitrogen functional groups attached to an aromatic ring is 1. The molecule has 0 aliphatic carbocycles. The maximum absolute atomic E-state index is 13.1. The summed E-state index contributed by atoms with van der Waals surface area (Å²) in [6, 6.07) is 11.0. The van der Waals surface area contributed by atoms with Gasteiger partial charge in [0.25, 0.3) is 5.91 Å². The first-order chi connectivity index (χ1) is 11.5. The van der Waals surface area contributed by atoms with Crippen molar-refractivity contribution in [2.75, 3.05) is 5.73 Å². The van der Waals surface area contributed by atoms with Crippen LogP contribution in [0.1, 0.15) is 21.8 Å². The van der Waals surface area contributed by atoms with Crippen LogP contribution < -0.4 is 11.1 Å². The maximum Gasteiger partial charge on any atom is 0.270 e. The second-order valence-corrected chi connectivity index (χ2v) is 5.22. The first-order valence-electron chi connectivity index (χ1n) is 7.25. The van der Waals surface area contributed by atoms with E-state index < -0.39 is 5.91 Å². The van der Waals surface area contributed by atoms with Crippen molar-refractivity contribution in [2.45, 2.75) is 13.5 Å². The van der Waals surface area contributed by atoms with E-state index >= 15 is 0 Å². The number of aryl methyl sites for hydroxylation is 1. The molecule has 2 aromatic heterocycles. The smallest absolute Gasteiger partial charge is 0.270 e. The molecule has 3 aromatic rings. The van der Waals surface area contributed by atoms with Gasteiger partial charge in [0.15, 0.2) is 5.76 Å². The molecular formula is C17H15FN4O2. The molecule has 0 unspecified atom stereocenters. The number of nitrogens with two attached hydrogens (primary N) is 1. The van der Waals surface area contributed by atoms with Crippen LogP contribution in [0.4, 0.5) is 10.3 Å². The Morgan fingerprint density at radius 3 is 2.79 bits per heavy atom. The van der Waals surface area contributed by atoms with Crippen LogP contribution in [0, 0.1) is 12.7 Å². The highest BCUT2D eigenvalue weighted by molar-refractivity contribution is 5.93. The molecule has 3 N–H and O–H groups in total. The molecule has 0 saturated carbocycles. The van der Waals surface area contributed by atoms with Crippen molar-refractivity contribution in [3.8, 4) is 11.5 Å². The summed E-state index contributed by atoms with van der Waals surface area (Å²) in [6.45, 7) is 1.98. The standard InChI is InChI=1S/C17H15FN4O2/c1-10-5-6-15(24-10)13-8-14(22-17(19)21-13)16(23)20-9-11-3-2-4-12(18)7-11/h2-8H,9H2,1H3,(H,20,23)(H2,19,21,22). The van der Waals surface area contributed by atoms with Gasteiger partial charge in [-0.05, 0) is 42.8 Å². The molecule has 1 amide bonds. The zero-order valence-electron chi connectivity index (χ0n) is 12.9. The zero-order valence-corrected chi connectivity index (χ0v) is 12.9. The zero-order chi connectivity index (χ0) is 17.1. The van der Waals surface area contributed by atoms with Crippen molar-refractivity contribution in [1.82, 2.24) is 15.3 Å². The highest BCUT2D eigenvalue weighted by Crippen LogP contribution is 2.21. The highest BCUT2D eigenvalue weighted by Gasteiger charge is 2.13. The first-order valence-corrected chi connectivity index (χ1v) is 7.25. The van der Waals surface area contributed by atoms with E-state index in [0.717, 1.165) is 5.76 Å². The summed E-state index contributed by atoms with van der Waals surface area (Å²) in [4.78, 5) is 20.3. The van der Waals surface area contributed by atoms with Crippen molar-refractivity contribution in [1.29, 1.82) is 0 Å². The van der Waals surface area contributed by atoms with Crippen LogP contribution in [-0.4, -0.2) is 15.9 Å². The molecule has 0 radical (unpaired) electrons. The van der Waals surface area contributed by atoms with E-state index in [2.05, 4.69) is 15.3 Å². The summed E-state index contributed by atoms with van der Waals surface area (Å²) in [5.41, 5.74) is 6.86. The summed E-state index contributed by atoms with van der Waals surface area (Å²) < 4.78 is 18.6. The Bertz CT molecular complexity index is 892. The van der Waals surface area contributed by atoms with Crippen molar-refractivity contribution in [3.05, 3.63) is 65.3 Å². The average molecular weight is 326 g/mol. The van der Waals surface area contributed by atoms with Gasteiger partial charge in [-0.2, -0.15) is 0 Å². The Kier molecular flexibility index (Phi) is 4.24. The number of halogens is 1. The lowest BCUT2D eigenvalue weighted by Crippen LogP contribution is -2.24. The van der Waals surface area contributed by atoms with E-state index in [9.17, 15) is 9.18 Å². The summed E-state index contributed by atoms with van der Waals surface area (Å²) in [5, 5.41) is 2.67. The number of aromatic nitrogens is 2. The van der Waals surface area contributed by atoms with E-state index in [1.165, 1.54) is 18.2 Å². The molecule has 1 aromatic carbocycles. The van der Waals surface area contributed by atoms with Crippen LogP contribution in [0.15, 0.2) is 46.9 Å². The molecule has 122 valence electrons. The average Bonchev–Trinajstić information content (AvgIpc) is 2.99. The lowest BCUT2D eigenvalue weighted by atomic mass is 10.2. The minimum Gasteiger partial charge on any atom is -0.460 e. The van der Waals surface area contributed by atoms with Crippen LogP contribution in [0.5, 0.6) is 0 Å². The summed E-state index contributed by atoms with van der Waals surface area (Å²) in [7, 11) is 0. The number of anilines is 1. The Morgan fingerprint density at radius 1 is 1.25 bits per heavy atom. The van der Waals surface area contributed by atoms with Crippen molar-refractivity contribution < 1.29 is 13.6 Å². The van der Waals surface area contributed by atoms with Crippen molar-refractivity contribution >= 4 is 11.9 Å². The number of rotatable bonds is 4. The Morgan fingerprint density at radius 2 is 2.08 bits per heavy atom. The van der Waals surface area contributed by atoms with Gasteiger partial charge in [0.1, 0.15) is 23.0 Å². The minimum absolute atomic E-state index is 0.0301. The minimum atomic E-state index is -0.433. The molecule has 3 rings (SSSR count). The fourth-order valence-electron chi connectivity index (χ4n) is 2.20. The van der Waals surface area contributed by atoms with Gasteiger partial charge in [-0.1, -0.05) is 12.1 Å². The van der Waals surface area contributed by atoms with Crippen LogP contribution in [0.25, 0.3) is 11.5 Å². The van der Waals surface area contributed by atoms with E-state index in [1.807, 2.05) is 0 Å². The molecule has 0 atom stereocenters. The molecule has 24 heavy (non-hydrogen) atoms. The number of carbonyl (C=O) groups is 1. The lowest BCUT2D eigenvalue weighted by molar-refractivity contribution is 0.0946. The third kappa shape index (κ3) is 3.57. The molecule has 0 saturated heterocycles. The molecule has 0 bridgehead atoms. The monoisotopic (exact) mass is 326 g/mol. The van der Waals surface area contributed by atoms with Crippen LogP contribution in [0.2, 0.25) is 0 Å². The predicted octanol–water partition coefficient (Wildman–Crippen LogP) is 2.70. The number of amides is 1. The van der Waals surface area contributed by atoms with Gasteiger partial charge in [0, 0.05) is 6.54 Å². The third-order valence-corrected chi connectivity index (χ3v) is 3.31. The second kappa shape index (κ2) is 6.49. The maximum atomic E-state index is 13.1. The molecule has 0 spiro atoms. The Hall–Kier alpha value is -3.22. The quantitative estimate of drug-likeness (QED) is 0.769. The Labute approximate surface area is 137 Å². The molecule has 2 heterocycles. The fourth-order valence-corrected chi connectivity index (χ4v) is 2.20. The molecule has 0 aliphatic rings. The lowest BCUT2D eigenvalue weighted by Gasteiger charge is -2.07. The molecule has 0 fully saturated rings. The van der Waals surface area contributed by atoms with E-state index in [4.69, 9.17) is 10.2 Å². The normalized spacial score (nSPS) is 10.6. The number of furan rings is 1. The van der Waals surface area contributed by atoms with Gasteiger partial charge in [0.2, 0.25) is 5.95 Å². The topological polar surface area (TPSA) is 94.0 Å². The number of nitrogens with zero attached hydrogens (tertiary/aromatic N) is 2. The summed E-state index contributed by atoms with van der Waals surface area (Å²) in [6.07, 6.45) is 0. The molecule has 0 aliphatic heterocycles. The molecule has 6 nitrogen and oxygen atoms in total.